The number of carbonyl (C=O) groups is 1. The average molecular weight is 255 g/mol. The van der Waals surface area contributed by atoms with Crippen LogP contribution in [0.5, 0.6) is 0 Å². The molecule has 4 heteroatoms. The number of rotatable bonds is 2. The number of nitrogen functional groups attached to an aromatic ring is 1. The summed E-state index contributed by atoms with van der Waals surface area (Å²) in [6, 6.07) is 9.12. The smallest absolute Gasteiger partial charge is 0.259 e. The number of anilines is 2. The predicted octanol–water partition coefficient (Wildman–Crippen LogP) is 2.56. The summed E-state index contributed by atoms with van der Waals surface area (Å²) in [5.74, 6) is 0.360. The third-order valence-electron chi connectivity index (χ3n) is 3.19. The summed E-state index contributed by atoms with van der Waals surface area (Å²) in [7, 11) is 1.68. The predicted molar refractivity (Wildman–Crippen MR) is 77.3 cm³/mol. The molecule has 0 fully saturated rings. The van der Waals surface area contributed by atoms with Crippen molar-refractivity contribution in [2.45, 2.75) is 13.8 Å². The first kappa shape index (κ1) is 13.1. The highest BCUT2D eigenvalue weighted by Crippen LogP contribution is 2.20. The lowest BCUT2D eigenvalue weighted by molar-refractivity contribution is 0.0992. The van der Waals surface area contributed by atoms with Gasteiger partial charge in [0.05, 0.1) is 5.69 Å². The molecule has 2 aromatic rings. The molecule has 0 saturated heterocycles. The van der Waals surface area contributed by atoms with E-state index in [4.69, 9.17) is 5.73 Å². The van der Waals surface area contributed by atoms with Gasteiger partial charge in [0, 0.05) is 18.8 Å². The van der Waals surface area contributed by atoms with E-state index >= 15 is 0 Å². The van der Waals surface area contributed by atoms with Crippen molar-refractivity contribution in [3.63, 3.8) is 0 Å². The van der Waals surface area contributed by atoms with Crippen LogP contribution in [0, 0.1) is 13.8 Å². The van der Waals surface area contributed by atoms with Gasteiger partial charge in [-0.05, 0) is 49.2 Å². The molecule has 1 amide bonds. The summed E-state index contributed by atoms with van der Waals surface area (Å²) in [6.45, 7) is 4.01. The van der Waals surface area contributed by atoms with Gasteiger partial charge in [-0.3, -0.25) is 9.69 Å². The van der Waals surface area contributed by atoms with Gasteiger partial charge >= 0.3 is 0 Å². The zero-order valence-electron chi connectivity index (χ0n) is 11.3. The van der Waals surface area contributed by atoms with Crippen LogP contribution in [0.15, 0.2) is 36.5 Å². The molecule has 0 unspecified atom stereocenters. The molecule has 2 rings (SSSR count). The highest BCUT2D eigenvalue weighted by Gasteiger charge is 2.16. The third-order valence-corrected chi connectivity index (χ3v) is 3.19. The number of aromatic nitrogens is 1. The van der Waals surface area contributed by atoms with Crippen molar-refractivity contribution >= 4 is 17.4 Å². The van der Waals surface area contributed by atoms with E-state index in [0.29, 0.717) is 17.1 Å². The van der Waals surface area contributed by atoms with Crippen molar-refractivity contribution in [1.82, 2.24) is 4.98 Å². The van der Waals surface area contributed by atoms with Gasteiger partial charge < -0.3 is 5.73 Å². The molecule has 19 heavy (non-hydrogen) atoms. The number of carbonyl (C=O) groups excluding carboxylic acids is 1. The quantitative estimate of drug-likeness (QED) is 0.897. The standard InChI is InChI=1S/C15H17N3O/c1-10-6-7-12(9-11(10)2)15(19)18(3)14-13(16)5-4-8-17-14/h4-9H,16H2,1-3H3. The van der Waals surface area contributed by atoms with Crippen LogP contribution in [0.25, 0.3) is 0 Å². The highest BCUT2D eigenvalue weighted by atomic mass is 16.2. The third kappa shape index (κ3) is 2.57. The highest BCUT2D eigenvalue weighted by molar-refractivity contribution is 6.06. The fraction of sp³-hybridized carbons (Fsp3) is 0.200. The summed E-state index contributed by atoms with van der Waals surface area (Å²) in [6.07, 6.45) is 1.62. The number of pyridine rings is 1. The van der Waals surface area contributed by atoms with E-state index in [-0.39, 0.29) is 5.91 Å². The summed E-state index contributed by atoms with van der Waals surface area (Å²) in [5, 5.41) is 0. The molecule has 0 saturated carbocycles. The van der Waals surface area contributed by atoms with Gasteiger partial charge in [-0.25, -0.2) is 4.98 Å². The van der Waals surface area contributed by atoms with Crippen molar-refractivity contribution in [1.29, 1.82) is 0 Å². The van der Waals surface area contributed by atoms with Crippen LogP contribution in [0.4, 0.5) is 11.5 Å². The molecule has 2 N–H and O–H groups in total. The van der Waals surface area contributed by atoms with Crippen LogP contribution >= 0.6 is 0 Å². The van der Waals surface area contributed by atoms with Crippen molar-refractivity contribution < 1.29 is 4.79 Å². The van der Waals surface area contributed by atoms with Gasteiger partial charge in [0.2, 0.25) is 0 Å². The molecular weight excluding hydrogens is 238 g/mol. The Morgan fingerprint density at radius 2 is 1.95 bits per heavy atom. The Kier molecular flexibility index (Phi) is 3.51. The van der Waals surface area contributed by atoms with E-state index in [2.05, 4.69) is 4.98 Å². The molecular formula is C15H17N3O. The van der Waals surface area contributed by atoms with Gasteiger partial charge in [0.1, 0.15) is 0 Å². The van der Waals surface area contributed by atoms with Gasteiger partial charge in [-0.2, -0.15) is 0 Å². The van der Waals surface area contributed by atoms with Crippen molar-refractivity contribution in [2.24, 2.45) is 0 Å². The van der Waals surface area contributed by atoms with E-state index in [1.54, 1.807) is 25.4 Å². The first-order valence-corrected chi connectivity index (χ1v) is 6.06. The van der Waals surface area contributed by atoms with Gasteiger partial charge in [0.25, 0.3) is 5.91 Å². The molecule has 0 aliphatic carbocycles. The lowest BCUT2D eigenvalue weighted by Gasteiger charge is -2.18. The first-order chi connectivity index (χ1) is 9.00. The van der Waals surface area contributed by atoms with Crippen LogP contribution in [-0.4, -0.2) is 17.9 Å². The number of nitrogens with zero attached hydrogens (tertiary/aromatic N) is 2. The number of hydrogen-bond acceptors (Lipinski definition) is 3. The topological polar surface area (TPSA) is 59.2 Å². The second-order valence-corrected chi connectivity index (χ2v) is 4.58. The molecule has 0 aliphatic rings. The monoisotopic (exact) mass is 255 g/mol. The molecule has 0 aliphatic heterocycles. The number of benzene rings is 1. The van der Waals surface area contributed by atoms with Gasteiger partial charge in [-0.15, -0.1) is 0 Å². The Morgan fingerprint density at radius 3 is 2.58 bits per heavy atom. The molecule has 1 heterocycles. The van der Waals surface area contributed by atoms with Crippen LogP contribution < -0.4 is 10.6 Å². The molecule has 1 aromatic carbocycles. The lowest BCUT2D eigenvalue weighted by atomic mass is 10.1. The van der Waals surface area contributed by atoms with Crippen LogP contribution in [0.3, 0.4) is 0 Å². The fourth-order valence-electron chi connectivity index (χ4n) is 1.85. The van der Waals surface area contributed by atoms with E-state index in [9.17, 15) is 4.79 Å². The summed E-state index contributed by atoms with van der Waals surface area (Å²) in [5.41, 5.74) is 9.21. The van der Waals surface area contributed by atoms with Crippen LogP contribution in [-0.2, 0) is 0 Å². The number of nitrogens with two attached hydrogens (primary N) is 1. The van der Waals surface area contributed by atoms with E-state index < -0.39 is 0 Å². The Morgan fingerprint density at radius 1 is 1.21 bits per heavy atom. The second kappa shape index (κ2) is 5.10. The minimum Gasteiger partial charge on any atom is -0.396 e. The summed E-state index contributed by atoms with van der Waals surface area (Å²) >= 11 is 0. The minimum absolute atomic E-state index is 0.117. The van der Waals surface area contributed by atoms with Crippen LogP contribution in [0.2, 0.25) is 0 Å². The fourth-order valence-corrected chi connectivity index (χ4v) is 1.85. The Labute approximate surface area is 112 Å². The minimum atomic E-state index is -0.117. The van der Waals surface area contributed by atoms with E-state index in [1.165, 1.54) is 4.90 Å². The van der Waals surface area contributed by atoms with Gasteiger partial charge in [-0.1, -0.05) is 6.07 Å². The molecule has 1 aromatic heterocycles. The molecule has 0 radical (unpaired) electrons. The lowest BCUT2D eigenvalue weighted by Crippen LogP contribution is -2.28. The van der Waals surface area contributed by atoms with E-state index in [1.807, 2.05) is 32.0 Å². The maximum Gasteiger partial charge on any atom is 0.259 e. The molecule has 98 valence electrons. The molecule has 0 bridgehead atoms. The maximum absolute atomic E-state index is 12.4. The first-order valence-electron chi connectivity index (χ1n) is 6.06. The normalized spacial score (nSPS) is 10.3. The Balaban J connectivity index is 2.34. The SMILES string of the molecule is Cc1ccc(C(=O)N(C)c2ncccc2N)cc1C. The Hall–Kier alpha value is -2.36. The second-order valence-electron chi connectivity index (χ2n) is 4.58. The van der Waals surface area contributed by atoms with Crippen molar-refractivity contribution in [2.75, 3.05) is 17.7 Å². The number of aryl methyl sites for hydroxylation is 2. The van der Waals surface area contributed by atoms with Crippen molar-refractivity contribution in [3.8, 4) is 0 Å². The van der Waals surface area contributed by atoms with Crippen LogP contribution in [0.1, 0.15) is 21.5 Å². The molecule has 0 atom stereocenters. The largest absolute Gasteiger partial charge is 0.396 e. The molecule has 0 spiro atoms. The summed E-state index contributed by atoms with van der Waals surface area (Å²) in [4.78, 5) is 18.0. The zero-order valence-corrected chi connectivity index (χ0v) is 11.3. The number of hydrogen-bond donors (Lipinski definition) is 1. The summed E-state index contributed by atoms with van der Waals surface area (Å²) < 4.78 is 0. The van der Waals surface area contributed by atoms with Crippen molar-refractivity contribution in [3.05, 3.63) is 53.2 Å². The maximum atomic E-state index is 12.4. The van der Waals surface area contributed by atoms with E-state index in [0.717, 1.165) is 11.1 Å². The molecule has 4 nitrogen and oxygen atoms in total. The number of amides is 1. The van der Waals surface area contributed by atoms with Gasteiger partial charge in [0.15, 0.2) is 5.82 Å². The Bertz CT molecular complexity index is 623. The average Bonchev–Trinajstić information content (AvgIpc) is 2.41. The zero-order chi connectivity index (χ0) is 14.0.